The fraction of sp³-hybridized carbons (Fsp3) is 0.606. The van der Waals surface area contributed by atoms with Crippen molar-refractivity contribution in [3.8, 4) is 0 Å². The summed E-state index contributed by atoms with van der Waals surface area (Å²) in [5.41, 5.74) is 1.62. The Morgan fingerprint density at radius 1 is 1.12 bits per heavy atom. The number of benzene rings is 1. The smallest absolute Gasteiger partial charge is 0.253 e. The Bertz CT molecular complexity index is 1170. The first-order valence-corrected chi connectivity index (χ1v) is 16.2. The topological polar surface area (TPSA) is 90.4 Å². The van der Waals surface area contributed by atoms with Gasteiger partial charge in [0.15, 0.2) is 0 Å². The summed E-state index contributed by atoms with van der Waals surface area (Å²) < 4.78 is 6.75. The number of rotatable bonds is 15. The molecule has 3 unspecified atom stereocenters. The van der Waals surface area contributed by atoms with Gasteiger partial charge in [0.05, 0.1) is 17.9 Å². The predicted octanol–water partition coefficient (Wildman–Crippen LogP) is 4.55. The third-order valence-electron chi connectivity index (χ3n) is 9.06. The highest BCUT2D eigenvalue weighted by molar-refractivity contribution is 9.09. The number of aliphatic hydroxyl groups is 1. The molecule has 1 aromatic rings. The number of nitrogens with zero attached hydrogens (tertiary/aromatic N) is 3. The molecule has 0 aromatic heterocycles. The van der Waals surface area contributed by atoms with E-state index in [9.17, 15) is 19.5 Å². The van der Waals surface area contributed by atoms with Gasteiger partial charge in [0.1, 0.15) is 11.6 Å². The zero-order valence-corrected chi connectivity index (χ0v) is 26.9. The lowest BCUT2D eigenvalue weighted by atomic mass is 9.70. The normalized spacial score (nSPS) is 27.7. The molecule has 4 rings (SSSR count). The van der Waals surface area contributed by atoms with Crippen LogP contribution in [0.1, 0.15) is 56.6 Å². The Labute approximate surface area is 258 Å². The Kier molecular flexibility index (Phi) is 10.7. The van der Waals surface area contributed by atoms with Crippen LogP contribution in [0.5, 0.6) is 0 Å². The maximum absolute atomic E-state index is 14.8. The third-order valence-corrected chi connectivity index (χ3v) is 9.90. The number of hydrogen-bond donors (Lipinski definition) is 1. The number of para-hydroxylation sites is 1. The first-order chi connectivity index (χ1) is 20.2. The molecular weight excluding hydrogens is 598 g/mol. The summed E-state index contributed by atoms with van der Waals surface area (Å²) in [4.78, 5) is 48.4. The molecule has 42 heavy (non-hydrogen) atoms. The molecule has 3 heterocycles. The molecule has 3 fully saturated rings. The summed E-state index contributed by atoms with van der Waals surface area (Å²) in [7, 11) is 0. The number of carbonyl (C=O) groups excluding carboxylic acids is 3. The number of halogens is 1. The van der Waals surface area contributed by atoms with Crippen molar-refractivity contribution in [2.24, 2.45) is 11.8 Å². The van der Waals surface area contributed by atoms with Gasteiger partial charge in [-0.2, -0.15) is 0 Å². The van der Waals surface area contributed by atoms with Crippen LogP contribution in [-0.2, 0) is 19.1 Å². The van der Waals surface area contributed by atoms with E-state index in [0.717, 1.165) is 36.1 Å². The third kappa shape index (κ3) is 5.72. The first kappa shape index (κ1) is 32.4. The van der Waals surface area contributed by atoms with Crippen molar-refractivity contribution in [2.45, 2.75) is 81.9 Å². The number of hydrogen-bond acceptors (Lipinski definition) is 5. The van der Waals surface area contributed by atoms with Crippen LogP contribution < -0.4 is 4.90 Å². The molecule has 2 bridgehead atoms. The monoisotopic (exact) mass is 643 g/mol. The Hall–Kier alpha value is -2.49. The summed E-state index contributed by atoms with van der Waals surface area (Å²) in [6.45, 7) is 15.5. The van der Waals surface area contributed by atoms with E-state index in [-0.39, 0.29) is 35.7 Å². The fourth-order valence-electron chi connectivity index (χ4n) is 7.41. The molecule has 1 N–H and O–H groups in total. The van der Waals surface area contributed by atoms with E-state index in [1.54, 1.807) is 26.9 Å². The number of ether oxygens (including phenoxy) is 1. The van der Waals surface area contributed by atoms with E-state index >= 15 is 0 Å². The molecule has 230 valence electrons. The average molecular weight is 645 g/mol. The molecule has 1 aromatic carbocycles. The van der Waals surface area contributed by atoms with Crippen LogP contribution in [0.4, 0.5) is 5.69 Å². The number of likely N-dealkylation sites (tertiary alicyclic amines) is 1. The lowest BCUT2D eigenvalue weighted by molar-refractivity contribution is -0.145. The highest BCUT2D eigenvalue weighted by Gasteiger charge is 2.76. The number of alkyl halides is 1. The molecular formula is C33H46BrN3O5. The zero-order valence-electron chi connectivity index (χ0n) is 25.3. The maximum Gasteiger partial charge on any atom is 0.253 e. The van der Waals surface area contributed by atoms with Crippen LogP contribution in [0.15, 0.2) is 43.5 Å². The Morgan fingerprint density at radius 2 is 1.79 bits per heavy atom. The van der Waals surface area contributed by atoms with Crippen LogP contribution in [0.25, 0.3) is 0 Å². The molecule has 9 heteroatoms. The van der Waals surface area contributed by atoms with E-state index in [1.807, 2.05) is 39.0 Å². The van der Waals surface area contributed by atoms with Crippen molar-refractivity contribution >= 4 is 39.3 Å². The predicted molar refractivity (Wildman–Crippen MR) is 169 cm³/mol. The van der Waals surface area contributed by atoms with Gasteiger partial charge < -0.3 is 24.5 Å². The van der Waals surface area contributed by atoms with Crippen molar-refractivity contribution in [1.82, 2.24) is 9.80 Å². The molecule has 1 spiro atoms. The lowest BCUT2D eigenvalue weighted by Crippen LogP contribution is -2.57. The molecule has 0 saturated carbocycles. The lowest BCUT2D eigenvalue weighted by Gasteiger charge is -2.38. The van der Waals surface area contributed by atoms with Crippen molar-refractivity contribution in [3.05, 3.63) is 54.6 Å². The summed E-state index contributed by atoms with van der Waals surface area (Å²) in [6.07, 6.45) is 7.24. The van der Waals surface area contributed by atoms with Crippen molar-refractivity contribution < 1.29 is 24.2 Å². The van der Waals surface area contributed by atoms with Gasteiger partial charge in [-0.15, -0.1) is 13.2 Å². The van der Waals surface area contributed by atoms with Gasteiger partial charge >= 0.3 is 0 Å². The molecule has 3 aliphatic heterocycles. The number of aliphatic hydroxyl groups excluding tert-OH is 1. The van der Waals surface area contributed by atoms with Crippen LogP contribution in [0.3, 0.4) is 0 Å². The standard InChI is InChI=1S/C33H46BrN3O5/c1-6-16-35(17-7-2)30(39)25-26-31(40)37(19-11-9-10-12-20-38)29(33(26)21-24(34)28(25)42-33)32(41)36(18-8-3)27-22(4)14-13-15-23(27)5/h6,8,13-15,24-26,28-29,38H,1,3,7,9-12,16-21H2,2,4-5H3/t24?,25-,26+,28-,29?,33?/m1/s1. The Balaban J connectivity index is 1.78. The second-order valence-corrected chi connectivity index (χ2v) is 13.1. The van der Waals surface area contributed by atoms with Gasteiger partial charge in [-0.25, -0.2) is 0 Å². The van der Waals surface area contributed by atoms with Crippen LogP contribution in [0, 0.1) is 25.7 Å². The van der Waals surface area contributed by atoms with Gasteiger partial charge in [-0.05, 0) is 50.7 Å². The van der Waals surface area contributed by atoms with E-state index in [4.69, 9.17) is 4.74 Å². The minimum Gasteiger partial charge on any atom is -0.396 e. The van der Waals surface area contributed by atoms with Crippen molar-refractivity contribution in [3.63, 3.8) is 0 Å². The van der Waals surface area contributed by atoms with Crippen LogP contribution >= 0.6 is 15.9 Å². The second-order valence-electron chi connectivity index (χ2n) is 11.9. The quantitative estimate of drug-likeness (QED) is 0.172. The van der Waals surface area contributed by atoms with Gasteiger partial charge in [0.25, 0.3) is 5.91 Å². The largest absolute Gasteiger partial charge is 0.396 e. The molecule has 0 aliphatic carbocycles. The molecule has 6 atom stereocenters. The van der Waals surface area contributed by atoms with Crippen molar-refractivity contribution in [2.75, 3.05) is 37.7 Å². The zero-order chi connectivity index (χ0) is 30.6. The summed E-state index contributed by atoms with van der Waals surface area (Å²) in [5, 5.41) is 9.22. The van der Waals surface area contributed by atoms with Gasteiger partial charge in [-0.1, -0.05) is 66.0 Å². The highest BCUT2D eigenvalue weighted by atomic mass is 79.9. The number of fused-ring (bicyclic) bond motifs is 1. The minimum atomic E-state index is -1.11. The maximum atomic E-state index is 14.8. The molecule has 3 aliphatic rings. The number of carbonyl (C=O) groups is 3. The SMILES string of the molecule is C=CCN(CCC)C(=O)[C@H]1[C@@H]2OC3(CC2Br)C(C(=O)N(CC=C)c2c(C)cccc2C)N(CCCCCCO)C(=O)[C@H]13. The van der Waals surface area contributed by atoms with E-state index < -0.39 is 29.6 Å². The highest BCUT2D eigenvalue weighted by Crippen LogP contribution is 2.60. The average Bonchev–Trinajstić information content (AvgIpc) is 3.54. The Morgan fingerprint density at radius 3 is 2.40 bits per heavy atom. The number of anilines is 1. The summed E-state index contributed by atoms with van der Waals surface area (Å²) in [5.74, 6) is -1.90. The fourth-order valence-corrected chi connectivity index (χ4v) is 8.35. The van der Waals surface area contributed by atoms with Crippen LogP contribution in [0.2, 0.25) is 0 Å². The molecule has 0 radical (unpaired) electrons. The van der Waals surface area contributed by atoms with E-state index in [1.165, 1.54) is 0 Å². The summed E-state index contributed by atoms with van der Waals surface area (Å²) in [6, 6.07) is 5.06. The minimum absolute atomic E-state index is 0.111. The van der Waals surface area contributed by atoms with Gasteiger partial charge in [0.2, 0.25) is 11.8 Å². The molecule has 8 nitrogen and oxygen atoms in total. The molecule has 3 saturated heterocycles. The van der Waals surface area contributed by atoms with Gasteiger partial charge in [-0.3, -0.25) is 14.4 Å². The number of amides is 3. The second kappa shape index (κ2) is 13.9. The number of unbranched alkanes of at least 4 members (excludes halogenated alkanes) is 3. The van der Waals surface area contributed by atoms with Crippen molar-refractivity contribution in [1.29, 1.82) is 0 Å². The van der Waals surface area contributed by atoms with E-state index in [2.05, 4.69) is 29.1 Å². The van der Waals surface area contributed by atoms with Crippen LogP contribution in [-0.4, -0.2) is 88.0 Å². The van der Waals surface area contributed by atoms with Gasteiger partial charge in [0, 0.05) is 43.3 Å². The summed E-state index contributed by atoms with van der Waals surface area (Å²) >= 11 is 3.79. The van der Waals surface area contributed by atoms with E-state index in [0.29, 0.717) is 38.9 Å². The molecule has 3 amide bonds. The number of aryl methyl sites for hydroxylation is 2. The first-order valence-electron chi connectivity index (χ1n) is 15.3.